The Hall–Kier alpha value is -2.04. The maximum atomic E-state index is 12.7. The molecule has 0 unspecified atom stereocenters. The molecule has 0 aromatic heterocycles. The molecule has 2 saturated carbocycles. The van der Waals surface area contributed by atoms with Crippen LogP contribution in [0.5, 0.6) is 0 Å². The van der Waals surface area contributed by atoms with E-state index in [2.05, 4.69) is 24.5 Å². The highest BCUT2D eigenvalue weighted by molar-refractivity contribution is 6.34. The fourth-order valence-corrected chi connectivity index (χ4v) is 6.57. The predicted octanol–water partition coefficient (Wildman–Crippen LogP) is 7.15. The second kappa shape index (κ2) is 11.8. The van der Waals surface area contributed by atoms with E-state index >= 15 is 0 Å². The molecule has 0 aliphatic heterocycles. The second-order valence-electron chi connectivity index (χ2n) is 10.7. The molecule has 0 bridgehead atoms. The number of nitrogens with one attached hydrogen (secondary N) is 2. The first kappa shape index (κ1) is 26.0. The van der Waals surface area contributed by atoms with Crippen LogP contribution in [0.3, 0.4) is 0 Å². The number of rotatable bonds is 6. The minimum atomic E-state index is -0.0723. The van der Waals surface area contributed by atoms with E-state index in [1.807, 2.05) is 24.3 Å². The first-order chi connectivity index (χ1) is 16.8. The van der Waals surface area contributed by atoms with E-state index < -0.39 is 0 Å². The lowest BCUT2D eigenvalue weighted by Crippen LogP contribution is -2.44. The number of halogens is 2. The van der Waals surface area contributed by atoms with E-state index in [1.54, 1.807) is 24.3 Å². The number of carbonyl (C=O) groups is 2. The third-order valence-electron chi connectivity index (χ3n) is 8.09. The zero-order valence-electron chi connectivity index (χ0n) is 20.6. The molecule has 2 N–H and O–H groups in total. The van der Waals surface area contributed by atoms with Crippen molar-refractivity contribution in [1.29, 1.82) is 0 Å². The van der Waals surface area contributed by atoms with Crippen LogP contribution in [0.4, 0.5) is 0 Å². The van der Waals surface area contributed by atoms with Crippen LogP contribution in [0.25, 0.3) is 0 Å². The van der Waals surface area contributed by atoms with Crippen molar-refractivity contribution in [3.8, 4) is 0 Å². The molecule has 4 rings (SSSR count). The molecule has 4 nitrogen and oxygen atoms in total. The largest absolute Gasteiger partial charge is 0.349 e. The van der Waals surface area contributed by atoms with Gasteiger partial charge < -0.3 is 10.6 Å². The van der Waals surface area contributed by atoms with Crippen molar-refractivity contribution in [2.45, 2.75) is 70.9 Å². The molecule has 2 aromatic rings. The zero-order valence-corrected chi connectivity index (χ0v) is 22.1. The molecule has 6 heteroatoms. The molecule has 2 amide bonds. The quantitative estimate of drug-likeness (QED) is 0.429. The molecule has 35 heavy (non-hydrogen) atoms. The Balaban J connectivity index is 1.23. The van der Waals surface area contributed by atoms with Crippen LogP contribution < -0.4 is 10.6 Å². The summed E-state index contributed by atoms with van der Waals surface area (Å²) >= 11 is 12.4. The van der Waals surface area contributed by atoms with E-state index in [0.717, 1.165) is 38.5 Å². The van der Waals surface area contributed by atoms with Gasteiger partial charge in [-0.3, -0.25) is 9.59 Å². The van der Waals surface area contributed by atoms with Crippen molar-refractivity contribution in [3.05, 3.63) is 69.7 Å². The zero-order chi connectivity index (χ0) is 24.9. The summed E-state index contributed by atoms with van der Waals surface area (Å²) in [6.45, 7) is 4.51. The van der Waals surface area contributed by atoms with Crippen molar-refractivity contribution in [2.75, 3.05) is 0 Å². The van der Waals surface area contributed by atoms with Gasteiger partial charge >= 0.3 is 0 Å². The summed E-state index contributed by atoms with van der Waals surface area (Å²) in [5, 5.41) is 7.45. The van der Waals surface area contributed by atoms with Crippen LogP contribution in [-0.4, -0.2) is 23.9 Å². The van der Waals surface area contributed by atoms with Gasteiger partial charge in [-0.15, -0.1) is 0 Å². The number of amides is 2. The smallest absolute Gasteiger partial charge is 0.253 e. The van der Waals surface area contributed by atoms with Crippen molar-refractivity contribution in [1.82, 2.24) is 10.6 Å². The highest BCUT2D eigenvalue weighted by Crippen LogP contribution is 2.39. The fourth-order valence-electron chi connectivity index (χ4n) is 6.13. The van der Waals surface area contributed by atoms with E-state index in [1.165, 1.54) is 6.42 Å². The van der Waals surface area contributed by atoms with E-state index in [0.29, 0.717) is 44.8 Å². The van der Waals surface area contributed by atoms with Gasteiger partial charge in [0.2, 0.25) is 0 Å². The summed E-state index contributed by atoms with van der Waals surface area (Å²) in [6.07, 6.45) is 7.85. The molecule has 2 fully saturated rings. The molecule has 6 atom stereocenters. The van der Waals surface area contributed by atoms with Gasteiger partial charge in [0, 0.05) is 12.1 Å². The SMILES string of the molecule is C[C@@H]1C[C@H](C[C@@H]2CC[C@H](NC(=O)c3ccccc3Cl)[C@@H](C)C2)CC[C@@H]1NC(=O)c1ccccc1Cl. The van der Waals surface area contributed by atoms with Gasteiger partial charge in [-0.2, -0.15) is 0 Å². The fraction of sp³-hybridized carbons (Fsp3) is 0.517. The van der Waals surface area contributed by atoms with Crippen molar-refractivity contribution in [3.63, 3.8) is 0 Å². The molecule has 0 heterocycles. The van der Waals surface area contributed by atoms with Crippen LogP contribution in [0.2, 0.25) is 10.0 Å². The van der Waals surface area contributed by atoms with Gasteiger partial charge in [0.15, 0.2) is 0 Å². The number of hydrogen-bond acceptors (Lipinski definition) is 2. The van der Waals surface area contributed by atoms with Gasteiger partial charge in [-0.1, -0.05) is 61.3 Å². The minimum Gasteiger partial charge on any atom is -0.349 e. The molecule has 0 radical (unpaired) electrons. The van der Waals surface area contributed by atoms with Gasteiger partial charge in [0.1, 0.15) is 0 Å². The van der Waals surface area contributed by atoms with Gasteiger partial charge in [0.05, 0.1) is 21.2 Å². The Morgan fingerprint density at radius 1 is 0.714 bits per heavy atom. The molecular formula is C29H36Cl2N2O2. The molecule has 0 saturated heterocycles. The lowest BCUT2D eigenvalue weighted by Gasteiger charge is -2.39. The van der Waals surface area contributed by atoms with Crippen LogP contribution in [0, 0.1) is 23.7 Å². The van der Waals surface area contributed by atoms with E-state index in [9.17, 15) is 9.59 Å². The molecule has 188 valence electrons. The topological polar surface area (TPSA) is 58.2 Å². The number of hydrogen-bond donors (Lipinski definition) is 2. The Bertz CT molecular complexity index is 961. The average molecular weight is 516 g/mol. The third kappa shape index (κ3) is 6.59. The summed E-state index contributed by atoms with van der Waals surface area (Å²) in [5.74, 6) is 2.15. The Morgan fingerprint density at radius 2 is 1.11 bits per heavy atom. The first-order valence-corrected chi connectivity index (χ1v) is 13.7. The number of carbonyl (C=O) groups excluding carboxylic acids is 2. The minimum absolute atomic E-state index is 0.0723. The van der Waals surface area contributed by atoms with E-state index in [4.69, 9.17) is 23.2 Å². The highest BCUT2D eigenvalue weighted by Gasteiger charge is 2.34. The standard InChI is InChI=1S/C29H36Cl2N2O2/c1-18-15-20(11-13-26(18)32-28(34)22-7-3-5-9-24(22)30)17-21-12-14-27(19(2)16-21)33-29(35)23-8-4-6-10-25(23)31/h3-10,18-21,26-27H,11-17H2,1-2H3,(H,32,34)(H,33,35)/t18-,19+,20-,21-,26+,27+/m1/s1. The van der Waals surface area contributed by atoms with Crippen molar-refractivity contribution >= 4 is 35.0 Å². The van der Waals surface area contributed by atoms with Crippen LogP contribution in [0.15, 0.2) is 48.5 Å². The van der Waals surface area contributed by atoms with Gasteiger partial charge in [-0.05, 0) is 92.9 Å². The van der Waals surface area contributed by atoms with Crippen LogP contribution >= 0.6 is 23.2 Å². The third-order valence-corrected chi connectivity index (χ3v) is 8.75. The normalized spacial score (nSPS) is 28.8. The monoisotopic (exact) mass is 514 g/mol. The summed E-state index contributed by atoms with van der Waals surface area (Å²) in [4.78, 5) is 25.4. The average Bonchev–Trinajstić information content (AvgIpc) is 2.83. The van der Waals surface area contributed by atoms with E-state index in [-0.39, 0.29) is 23.9 Å². The maximum Gasteiger partial charge on any atom is 0.253 e. The number of benzene rings is 2. The molecular weight excluding hydrogens is 479 g/mol. The van der Waals surface area contributed by atoms with Crippen LogP contribution in [-0.2, 0) is 0 Å². The summed E-state index contributed by atoms with van der Waals surface area (Å²) in [5.41, 5.74) is 1.10. The molecule has 0 spiro atoms. The molecule has 2 aliphatic carbocycles. The van der Waals surface area contributed by atoms with Crippen molar-refractivity contribution in [2.24, 2.45) is 23.7 Å². The second-order valence-corrected chi connectivity index (χ2v) is 11.5. The highest BCUT2D eigenvalue weighted by atomic mass is 35.5. The maximum absolute atomic E-state index is 12.7. The lowest BCUT2D eigenvalue weighted by atomic mass is 9.70. The Kier molecular flexibility index (Phi) is 8.77. The Labute approximate surface area is 219 Å². The van der Waals surface area contributed by atoms with Crippen molar-refractivity contribution < 1.29 is 9.59 Å². The lowest BCUT2D eigenvalue weighted by molar-refractivity contribution is 0.0869. The molecule has 2 aromatic carbocycles. The first-order valence-electron chi connectivity index (χ1n) is 12.9. The summed E-state index contributed by atoms with van der Waals surface area (Å²) < 4.78 is 0. The Morgan fingerprint density at radius 3 is 1.49 bits per heavy atom. The molecule has 2 aliphatic rings. The predicted molar refractivity (Wildman–Crippen MR) is 143 cm³/mol. The summed E-state index contributed by atoms with van der Waals surface area (Å²) in [6, 6.07) is 14.9. The van der Waals surface area contributed by atoms with Gasteiger partial charge in [0.25, 0.3) is 11.8 Å². The van der Waals surface area contributed by atoms with Crippen LogP contribution in [0.1, 0.15) is 79.5 Å². The summed E-state index contributed by atoms with van der Waals surface area (Å²) in [7, 11) is 0. The van der Waals surface area contributed by atoms with Gasteiger partial charge in [-0.25, -0.2) is 0 Å².